The fourth-order valence-corrected chi connectivity index (χ4v) is 1.72. The zero-order chi connectivity index (χ0) is 13.1. The van der Waals surface area contributed by atoms with Crippen molar-refractivity contribution in [3.8, 4) is 11.5 Å². The Labute approximate surface area is 106 Å². The van der Waals surface area contributed by atoms with Gasteiger partial charge in [-0.3, -0.25) is 0 Å². The molecule has 0 spiro atoms. The third-order valence-corrected chi connectivity index (χ3v) is 2.74. The molecule has 2 aromatic rings. The van der Waals surface area contributed by atoms with Gasteiger partial charge in [-0.25, -0.2) is 4.39 Å². The summed E-state index contributed by atoms with van der Waals surface area (Å²) in [5, 5.41) is 9.65. The van der Waals surface area contributed by atoms with Crippen LogP contribution in [0, 0.1) is 12.7 Å². The van der Waals surface area contributed by atoms with E-state index < -0.39 is 6.10 Å². The van der Waals surface area contributed by atoms with Crippen LogP contribution in [0.15, 0.2) is 42.5 Å². The average Bonchev–Trinajstić information content (AvgIpc) is 2.34. The van der Waals surface area contributed by atoms with Crippen LogP contribution in [0.1, 0.15) is 24.2 Å². The summed E-state index contributed by atoms with van der Waals surface area (Å²) in [6, 6.07) is 11.6. The Bertz CT molecular complexity index is 550. The Balaban J connectivity index is 2.37. The summed E-state index contributed by atoms with van der Waals surface area (Å²) in [5.74, 6) is 0.662. The highest BCUT2D eigenvalue weighted by Crippen LogP contribution is 2.31. The number of halogens is 1. The monoisotopic (exact) mass is 246 g/mol. The molecule has 0 aliphatic rings. The van der Waals surface area contributed by atoms with Crippen molar-refractivity contribution in [2.24, 2.45) is 0 Å². The second-order valence-corrected chi connectivity index (χ2v) is 4.23. The van der Waals surface area contributed by atoms with Gasteiger partial charge in [0.1, 0.15) is 17.3 Å². The van der Waals surface area contributed by atoms with Crippen LogP contribution in [0.2, 0.25) is 0 Å². The van der Waals surface area contributed by atoms with E-state index in [1.165, 1.54) is 12.1 Å². The normalized spacial score (nSPS) is 12.2. The molecule has 94 valence electrons. The third-order valence-electron chi connectivity index (χ3n) is 2.74. The van der Waals surface area contributed by atoms with Crippen molar-refractivity contribution in [1.82, 2.24) is 0 Å². The molecule has 0 bridgehead atoms. The molecule has 2 nitrogen and oxygen atoms in total. The van der Waals surface area contributed by atoms with Gasteiger partial charge < -0.3 is 9.84 Å². The van der Waals surface area contributed by atoms with Gasteiger partial charge in [0.05, 0.1) is 6.10 Å². The lowest BCUT2D eigenvalue weighted by Crippen LogP contribution is -1.97. The minimum absolute atomic E-state index is 0.342. The van der Waals surface area contributed by atoms with Gasteiger partial charge in [0.15, 0.2) is 0 Å². The fraction of sp³-hybridized carbons (Fsp3) is 0.200. The van der Waals surface area contributed by atoms with Gasteiger partial charge in [0.25, 0.3) is 0 Å². The first-order chi connectivity index (χ1) is 8.58. The van der Waals surface area contributed by atoms with Gasteiger partial charge in [0.2, 0.25) is 0 Å². The van der Waals surface area contributed by atoms with Crippen molar-refractivity contribution < 1.29 is 14.2 Å². The summed E-state index contributed by atoms with van der Waals surface area (Å²) in [6.45, 7) is 3.51. The number of aryl methyl sites for hydroxylation is 1. The second-order valence-electron chi connectivity index (χ2n) is 4.23. The highest BCUT2D eigenvalue weighted by molar-refractivity contribution is 5.41. The van der Waals surface area contributed by atoms with Crippen LogP contribution in [0.5, 0.6) is 11.5 Å². The van der Waals surface area contributed by atoms with E-state index >= 15 is 0 Å². The number of aliphatic hydroxyl groups is 1. The van der Waals surface area contributed by atoms with Crippen LogP contribution in [-0.4, -0.2) is 5.11 Å². The maximum atomic E-state index is 13.2. The van der Waals surface area contributed by atoms with Crippen molar-refractivity contribution in [3.63, 3.8) is 0 Å². The zero-order valence-electron chi connectivity index (χ0n) is 10.4. The molecule has 0 aliphatic carbocycles. The van der Waals surface area contributed by atoms with Crippen LogP contribution in [-0.2, 0) is 0 Å². The molecule has 1 N–H and O–H groups in total. The van der Waals surface area contributed by atoms with Gasteiger partial charge in [-0.2, -0.15) is 0 Å². The van der Waals surface area contributed by atoms with Crippen molar-refractivity contribution in [2.45, 2.75) is 20.0 Å². The number of rotatable bonds is 3. The predicted octanol–water partition coefficient (Wildman–Crippen LogP) is 3.98. The van der Waals surface area contributed by atoms with Gasteiger partial charge in [-0.15, -0.1) is 0 Å². The maximum Gasteiger partial charge on any atom is 0.133 e. The Hall–Kier alpha value is -1.87. The van der Waals surface area contributed by atoms with Crippen LogP contribution < -0.4 is 4.74 Å². The van der Waals surface area contributed by atoms with Gasteiger partial charge in [-0.05, 0) is 31.5 Å². The molecule has 2 rings (SSSR count). The van der Waals surface area contributed by atoms with Crippen molar-refractivity contribution in [2.75, 3.05) is 0 Å². The average molecular weight is 246 g/mol. The number of benzene rings is 2. The quantitative estimate of drug-likeness (QED) is 0.887. The molecule has 0 saturated heterocycles. The molecule has 0 aromatic heterocycles. The standard InChI is InChI=1S/C15H15FO2/c1-10-7-8-12(16)9-15(10)18-14-6-4-3-5-13(14)11(2)17/h3-9,11,17H,1-2H3. The molecular weight excluding hydrogens is 231 g/mol. The Morgan fingerprint density at radius 3 is 2.56 bits per heavy atom. The molecule has 3 heteroatoms. The number of hydrogen-bond acceptors (Lipinski definition) is 2. The molecule has 18 heavy (non-hydrogen) atoms. The summed E-state index contributed by atoms with van der Waals surface area (Å²) in [6.07, 6.45) is -0.630. The summed E-state index contributed by atoms with van der Waals surface area (Å²) in [4.78, 5) is 0. The SMILES string of the molecule is Cc1ccc(F)cc1Oc1ccccc1C(C)O. The second kappa shape index (κ2) is 5.19. The van der Waals surface area contributed by atoms with E-state index in [1.54, 1.807) is 25.1 Å². The van der Waals surface area contributed by atoms with Gasteiger partial charge >= 0.3 is 0 Å². The van der Waals surface area contributed by atoms with Crippen LogP contribution >= 0.6 is 0 Å². The topological polar surface area (TPSA) is 29.5 Å². The highest BCUT2D eigenvalue weighted by atomic mass is 19.1. The van der Waals surface area contributed by atoms with E-state index in [0.717, 1.165) is 5.56 Å². The van der Waals surface area contributed by atoms with E-state index in [-0.39, 0.29) is 5.82 Å². The van der Waals surface area contributed by atoms with Gasteiger partial charge in [0, 0.05) is 11.6 Å². The van der Waals surface area contributed by atoms with Crippen LogP contribution in [0.3, 0.4) is 0 Å². The molecule has 1 unspecified atom stereocenters. The van der Waals surface area contributed by atoms with E-state index in [2.05, 4.69) is 0 Å². The number of aliphatic hydroxyl groups excluding tert-OH is 1. The van der Waals surface area contributed by atoms with Crippen molar-refractivity contribution in [3.05, 3.63) is 59.4 Å². The molecular formula is C15H15FO2. The Morgan fingerprint density at radius 1 is 1.11 bits per heavy atom. The molecule has 0 saturated carbocycles. The van der Waals surface area contributed by atoms with E-state index in [0.29, 0.717) is 17.1 Å². The molecule has 0 radical (unpaired) electrons. The lowest BCUT2D eigenvalue weighted by atomic mass is 10.1. The minimum atomic E-state index is -0.630. The van der Waals surface area contributed by atoms with Gasteiger partial charge in [-0.1, -0.05) is 24.3 Å². The molecule has 0 heterocycles. The third kappa shape index (κ3) is 2.68. The maximum absolute atomic E-state index is 13.2. The molecule has 2 aromatic carbocycles. The highest BCUT2D eigenvalue weighted by Gasteiger charge is 2.10. The Kier molecular flexibility index (Phi) is 3.63. The lowest BCUT2D eigenvalue weighted by Gasteiger charge is -2.14. The minimum Gasteiger partial charge on any atom is -0.457 e. The first-order valence-electron chi connectivity index (χ1n) is 5.79. The van der Waals surface area contributed by atoms with E-state index in [1.807, 2.05) is 19.1 Å². The number of hydrogen-bond donors (Lipinski definition) is 1. The van der Waals surface area contributed by atoms with Crippen molar-refractivity contribution >= 4 is 0 Å². The van der Waals surface area contributed by atoms with E-state index in [9.17, 15) is 9.50 Å². The number of ether oxygens (including phenoxy) is 1. The first kappa shape index (κ1) is 12.6. The van der Waals surface area contributed by atoms with Crippen molar-refractivity contribution in [1.29, 1.82) is 0 Å². The molecule has 0 amide bonds. The van der Waals surface area contributed by atoms with Crippen LogP contribution in [0.25, 0.3) is 0 Å². The Morgan fingerprint density at radius 2 is 1.83 bits per heavy atom. The fourth-order valence-electron chi connectivity index (χ4n) is 1.72. The molecule has 0 aliphatic heterocycles. The summed E-state index contributed by atoms with van der Waals surface area (Å²) in [5.41, 5.74) is 1.53. The molecule has 0 fully saturated rings. The zero-order valence-corrected chi connectivity index (χ0v) is 10.4. The number of para-hydroxylation sites is 1. The first-order valence-corrected chi connectivity index (χ1v) is 5.79. The summed E-state index contributed by atoms with van der Waals surface area (Å²) in [7, 11) is 0. The summed E-state index contributed by atoms with van der Waals surface area (Å²) >= 11 is 0. The van der Waals surface area contributed by atoms with Crippen LogP contribution in [0.4, 0.5) is 4.39 Å². The lowest BCUT2D eigenvalue weighted by molar-refractivity contribution is 0.195. The predicted molar refractivity (Wildman–Crippen MR) is 68.3 cm³/mol. The summed E-state index contributed by atoms with van der Waals surface area (Å²) < 4.78 is 18.9. The van der Waals surface area contributed by atoms with E-state index in [4.69, 9.17) is 4.74 Å². The molecule has 1 atom stereocenters. The largest absolute Gasteiger partial charge is 0.457 e. The smallest absolute Gasteiger partial charge is 0.133 e.